The number of hydrogen-bond donors (Lipinski definition) is 2. The average Bonchev–Trinajstić information content (AvgIpc) is 2.91. The van der Waals surface area contributed by atoms with Crippen LogP contribution in [0.4, 0.5) is 11.4 Å². The highest BCUT2D eigenvalue weighted by Gasteiger charge is 2.27. The van der Waals surface area contributed by atoms with E-state index in [4.69, 9.17) is 11.6 Å². The topological polar surface area (TPSA) is 118 Å². The molecule has 0 radical (unpaired) electrons. The summed E-state index contributed by atoms with van der Waals surface area (Å²) in [5, 5.41) is 13.7. The number of carbonyl (C=O) groups excluding carboxylic acids is 1. The molecule has 1 aliphatic rings. The average molecular weight is 382 g/mol. The standard InChI is InChI=1S/C15H12ClN3O5S/c1-8-11(16)5-10(6-13(8)19(21)22)25(23,24)18-12-4-2-3-9-7-17-15(20)14(9)12/h2-6,18H,7H2,1H3,(H,17,20). The summed E-state index contributed by atoms with van der Waals surface area (Å²) in [6, 6.07) is 6.84. The van der Waals surface area contributed by atoms with E-state index in [-0.39, 0.29) is 32.6 Å². The smallest absolute Gasteiger partial charge is 0.275 e. The van der Waals surface area contributed by atoms with Crippen molar-refractivity contribution in [3.63, 3.8) is 0 Å². The zero-order valence-electron chi connectivity index (χ0n) is 12.9. The Balaban J connectivity index is 2.07. The maximum Gasteiger partial charge on any atom is 0.275 e. The number of nitrogens with zero attached hydrogens (tertiary/aromatic N) is 1. The maximum absolute atomic E-state index is 12.6. The lowest BCUT2D eigenvalue weighted by Crippen LogP contribution is -2.18. The Kier molecular flexibility index (Phi) is 4.13. The predicted octanol–water partition coefficient (Wildman–Crippen LogP) is 2.60. The van der Waals surface area contributed by atoms with Crippen LogP contribution in [-0.2, 0) is 16.6 Å². The fourth-order valence-corrected chi connectivity index (χ4v) is 3.95. The summed E-state index contributed by atoms with van der Waals surface area (Å²) < 4.78 is 27.6. The Morgan fingerprint density at radius 2 is 2.04 bits per heavy atom. The zero-order chi connectivity index (χ0) is 18.4. The second-order valence-electron chi connectivity index (χ2n) is 5.43. The van der Waals surface area contributed by atoms with Crippen molar-refractivity contribution >= 4 is 38.9 Å². The van der Waals surface area contributed by atoms with E-state index in [1.54, 1.807) is 12.1 Å². The molecule has 0 bridgehead atoms. The van der Waals surface area contributed by atoms with Gasteiger partial charge in [-0.1, -0.05) is 23.7 Å². The first-order valence-electron chi connectivity index (χ1n) is 7.08. The molecule has 1 amide bonds. The molecule has 2 aromatic carbocycles. The number of nitro groups is 1. The molecule has 0 atom stereocenters. The van der Waals surface area contributed by atoms with Crippen LogP contribution in [0.3, 0.4) is 0 Å². The minimum Gasteiger partial charge on any atom is -0.348 e. The van der Waals surface area contributed by atoms with Crippen LogP contribution in [0.25, 0.3) is 0 Å². The van der Waals surface area contributed by atoms with E-state index in [1.807, 2.05) is 0 Å². The van der Waals surface area contributed by atoms with Gasteiger partial charge in [0.05, 0.1) is 26.1 Å². The number of rotatable bonds is 4. The Labute approximate surface area is 148 Å². The van der Waals surface area contributed by atoms with Crippen molar-refractivity contribution in [1.82, 2.24) is 5.32 Å². The second-order valence-corrected chi connectivity index (χ2v) is 7.52. The van der Waals surface area contributed by atoms with Gasteiger partial charge < -0.3 is 5.32 Å². The van der Waals surface area contributed by atoms with Crippen molar-refractivity contribution in [1.29, 1.82) is 0 Å². The lowest BCUT2D eigenvalue weighted by Gasteiger charge is -2.12. The van der Waals surface area contributed by atoms with Gasteiger partial charge in [-0.2, -0.15) is 0 Å². The van der Waals surface area contributed by atoms with Crippen LogP contribution in [0.1, 0.15) is 21.5 Å². The van der Waals surface area contributed by atoms with Crippen molar-refractivity contribution in [3.05, 3.63) is 62.2 Å². The van der Waals surface area contributed by atoms with E-state index < -0.39 is 20.6 Å². The Morgan fingerprint density at radius 3 is 2.72 bits per heavy atom. The van der Waals surface area contributed by atoms with E-state index in [9.17, 15) is 23.3 Å². The molecule has 3 rings (SSSR count). The van der Waals surface area contributed by atoms with Crippen molar-refractivity contribution < 1.29 is 18.1 Å². The van der Waals surface area contributed by atoms with Gasteiger partial charge in [-0.05, 0) is 24.6 Å². The molecule has 2 aromatic rings. The van der Waals surface area contributed by atoms with Gasteiger partial charge in [0.2, 0.25) is 0 Å². The van der Waals surface area contributed by atoms with Crippen LogP contribution in [0.15, 0.2) is 35.2 Å². The third-order valence-electron chi connectivity index (χ3n) is 3.86. The van der Waals surface area contributed by atoms with E-state index in [0.717, 1.165) is 12.1 Å². The summed E-state index contributed by atoms with van der Waals surface area (Å²) >= 11 is 5.93. The molecule has 1 aliphatic heterocycles. The predicted molar refractivity (Wildman–Crippen MR) is 91.3 cm³/mol. The van der Waals surface area contributed by atoms with Crippen LogP contribution >= 0.6 is 11.6 Å². The third-order valence-corrected chi connectivity index (χ3v) is 5.60. The van der Waals surface area contributed by atoms with Gasteiger partial charge in [0, 0.05) is 18.2 Å². The van der Waals surface area contributed by atoms with Gasteiger partial charge in [-0.3, -0.25) is 19.6 Å². The van der Waals surface area contributed by atoms with E-state index in [1.165, 1.54) is 13.0 Å². The number of hydrogen-bond acceptors (Lipinski definition) is 5. The monoisotopic (exact) mass is 381 g/mol. The first-order valence-corrected chi connectivity index (χ1v) is 8.94. The molecule has 0 saturated heterocycles. The molecule has 8 nitrogen and oxygen atoms in total. The fraction of sp³-hybridized carbons (Fsp3) is 0.133. The molecule has 0 aliphatic carbocycles. The summed E-state index contributed by atoms with van der Waals surface area (Å²) in [6.45, 7) is 1.74. The Morgan fingerprint density at radius 1 is 1.32 bits per heavy atom. The summed E-state index contributed by atoms with van der Waals surface area (Å²) in [6.07, 6.45) is 0. The Hall–Kier alpha value is -2.65. The van der Waals surface area contributed by atoms with Crippen LogP contribution in [0, 0.1) is 17.0 Å². The molecule has 0 saturated carbocycles. The molecule has 0 spiro atoms. The molecule has 10 heteroatoms. The molecule has 0 unspecified atom stereocenters. The van der Waals surface area contributed by atoms with E-state index >= 15 is 0 Å². The van der Waals surface area contributed by atoms with Gasteiger partial charge in [0.1, 0.15) is 0 Å². The second kappa shape index (κ2) is 6.01. The maximum atomic E-state index is 12.6. The number of benzene rings is 2. The van der Waals surface area contributed by atoms with Crippen molar-refractivity contribution in [2.75, 3.05) is 4.72 Å². The number of carbonyl (C=O) groups is 1. The lowest BCUT2D eigenvalue weighted by atomic mass is 10.1. The number of sulfonamides is 1. The highest BCUT2D eigenvalue weighted by atomic mass is 35.5. The van der Waals surface area contributed by atoms with Crippen molar-refractivity contribution in [2.45, 2.75) is 18.4 Å². The molecule has 2 N–H and O–H groups in total. The quantitative estimate of drug-likeness (QED) is 0.623. The molecule has 0 aromatic heterocycles. The molecule has 0 fully saturated rings. The number of anilines is 1. The van der Waals surface area contributed by atoms with E-state index in [2.05, 4.69) is 10.0 Å². The van der Waals surface area contributed by atoms with Gasteiger partial charge >= 0.3 is 0 Å². The SMILES string of the molecule is Cc1c(Cl)cc(S(=O)(=O)Nc2cccc3c2C(=O)NC3)cc1[N+](=O)[O-]. The fourth-order valence-electron chi connectivity index (χ4n) is 2.55. The molecule has 130 valence electrons. The third kappa shape index (κ3) is 3.03. The number of nitro benzene ring substituents is 1. The van der Waals surface area contributed by atoms with Gasteiger partial charge in [-0.25, -0.2) is 8.42 Å². The van der Waals surface area contributed by atoms with Crippen LogP contribution in [0.2, 0.25) is 5.02 Å². The molecular weight excluding hydrogens is 370 g/mol. The molecule has 25 heavy (non-hydrogen) atoms. The van der Waals surface area contributed by atoms with Crippen LogP contribution in [-0.4, -0.2) is 19.2 Å². The number of halogens is 1. The van der Waals surface area contributed by atoms with Crippen LogP contribution in [0.5, 0.6) is 0 Å². The normalized spacial score (nSPS) is 13.3. The van der Waals surface area contributed by atoms with Crippen molar-refractivity contribution in [3.8, 4) is 0 Å². The number of nitrogens with one attached hydrogen (secondary N) is 2. The summed E-state index contributed by atoms with van der Waals surface area (Å²) in [5.41, 5.74) is 0.776. The van der Waals surface area contributed by atoms with E-state index in [0.29, 0.717) is 12.1 Å². The largest absolute Gasteiger partial charge is 0.348 e. The number of amides is 1. The highest BCUT2D eigenvalue weighted by Crippen LogP contribution is 2.31. The first-order chi connectivity index (χ1) is 11.7. The lowest BCUT2D eigenvalue weighted by molar-refractivity contribution is -0.385. The molecular formula is C15H12ClN3O5S. The van der Waals surface area contributed by atoms with Crippen molar-refractivity contribution in [2.24, 2.45) is 0 Å². The summed E-state index contributed by atoms with van der Waals surface area (Å²) in [4.78, 5) is 21.9. The first kappa shape index (κ1) is 17.2. The highest BCUT2D eigenvalue weighted by molar-refractivity contribution is 7.92. The minimum absolute atomic E-state index is 0.0365. The molecule has 1 heterocycles. The van der Waals surface area contributed by atoms with Crippen LogP contribution < -0.4 is 10.0 Å². The summed E-state index contributed by atoms with van der Waals surface area (Å²) in [5.74, 6) is -0.388. The zero-order valence-corrected chi connectivity index (χ0v) is 14.4. The van der Waals surface area contributed by atoms with Gasteiger partial charge in [0.25, 0.3) is 21.6 Å². The van der Waals surface area contributed by atoms with Gasteiger partial charge in [-0.15, -0.1) is 0 Å². The van der Waals surface area contributed by atoms with Gasteiger partial charge in [0.15, 0.2) is 0 Å². The minimum atomic E-state index is -4.17. The number of fused-ring (bicyclic) bond motifs is 1. The Bertz CT molecular complexity index is 1020. The summed E-state index contributed by atoms with van der Waals surface area (Å²) in [7, 11) is -4.17.